The molecule has 1 atom stereocenters. The van der Waals surface area contributed by atoms with Crippen LogP contribution in [0.1, 0.15) is 36.3 Å². The summed E-state index contributed by atoms with van der Waals surface area (Å²) in [6.45, 7) is 4.04. The lowest BCUT2D eigenvalue weighted by Gasteiger charge is -2.30. The van der Waals surface area contributed by atoms with Gasteiger partial charge in [-0.2, -0.15) is 0 Å². The molecular formula is C26H32N6O4. The van der Waals surface area contributed by atoms with Gasteiger partial charge in [-0.25, -0.2) is 4.68 Å². The molecule has 4 aromatic rings. The van der Waals surface area contributed by atoms with Crippen LogP contribution in [-0.2, 0) is 24.4 Å². The Labute approximate surface area is 209 Å². The summed E-state index contributed by atoms with van der Waals surface area (Å²) in [5.41, 5.74) is 2.27. The molecule has 0 aliphatic carbocycles. The zero-order valence-electron chi connectivity index (χ0n) is 21.1. The van der Waals surface area contributed by atoms with Crippen LogP contribution in [0.4, 0.5) is 0 Å². The van der Waals surface area contributed by atoms with E-state index < -0.39 is 0 Å². The quantitative estimate of drug-likeness (QED) is 0.321. The maximum absolute atomic E-state index is 13.1. The van der Waals surface area contributed by atoms with Gasteiger partial charge in [-0.05, 0) is 47.2 Å². The van der Waals surface area contributed by atoms with Crippen molar-refractivity contribution in [1.82, 2.24) is 30.1 Å². The fourth-order valence-corrected chi connectivity index (χ4v) is 4.41. The van der Waals surface area contributed by atoms with Gasteiger partial charge < -0.3 is 19.2 Å². The SMILES string of the molecule is CCC(c1nnnn1CCOC)N(Cc1ccccc1OC)Cc1cc2cc(OC)ccc2[nH]c1=O. The highest BCUT2D eigenvalue weighted by atomic mass is 16.5. The molecule has 10 nitrogen and oxygen atoms in total. The second kappa shape index (κ2) is 11.8. The molecule has 0 aliphatic heterocycles. The number of nitrogens with one attached hydrogen (secondary N) is 1. The van der Waals surface area contributed by atoms with Crippen molar-refractivity contribution in [2.24, 2.45) is 0 Å². The van der Waals surface area contributed by atoms with Gasteiger partial charge in [0.1, 0.15) is 11.5 Å². The molecule has 0 radical (unpaired) electrons. The normalized spacial score (nSPS) is 12.2. The first-order valence-electron chi connectivity index (χ1n) is 11.9. The number of aromatic nitrogens is 5. The van der Waals surface area contributed by atoms with E-state index in [-0.39, 0.29) is 11.6 Å². The minimum atomic E-state index is -0.151. The number of pyridine rings is 1. The number of methoxy groups -OCH3 is 3. The van der Waals surface area contributed by atoms with Crippen molar-refractivity contribution in [3.05, 3.63) is 75.8 Å². The second-order valence-corrected chi connectivity index (χ2v) is 8.47. The molecule has 1 unspecified atom stereocenters. The number of hydrogen-bond donors (Lipinski definition) is 1. The van der Waals surface area contributed by atoms with Gasteiger partial charge in [0.2, 0.25) is 0 Å². The molecule has 0 aliphatic rings. The lowest BCUT2D eigenvalue weighted by Crippen LogP contribution is -2.32. The van der Waals surface area contributed by atoms with E-state index in [1.165, 1.54) is 0 Å². The topological polar surface area (TPSA) is 107 Å². The predicted octanol–water partition coefficient (Wildman–Crippen LogP) is 3.33. The number of benzene rings is 2. The van der Waals surface area contributed by atoms with Crippen molar-refractivity contribution in [1.29, 1.82) is 0 Å². The number of nitrogens with zero attached hydrogens (tertiary/aromatic N) is 5. The van der Waals surface area contributed by atoms with E-state index in [0.29, 0.717) is 31.8 Å². The Morgan fingerprint density at radius 2 is 1.83 bits per heavy atom. The zero-order valence-corrected chi connectivity index (χ0v) is 21.1. The first kappa shape index (κ1) is 25.3. The van der Waals surface area contributed by atoms with E-state index in [1.807, 2.05) is 48.5 Å². The molecule has 0 saturated heterocycles. The van der Waals surface area contributed by atoms with Crippen molar-refractivity contribution in [3.63, 3.8) is 0 Å². The molecule has 2 aromatic heterocycles. The summed E-state index contributed by atoms with van der Waals surface area (Å²) in [7, 11) is 4.94. The van der Waals surface area contributed by atoms with Crippen LogP contribution in [0.3, 0.4) is 0 Å². The largest absolute Gasteiger partial charge is 0.497 e. The highest BCUT2D eigenvalue weighted by Gasteiger charge is 2.26. The number of tetrazole rings is 1. The van der Waals surface area contributed by atoms with Gasteiger partial charge in [0.15, 0.2) is 5.82 Å². The average molecular weight is 493 g/mol. The predicted molar refractivity (Wildman–Crippen MR) is 136 cm³/mol. The molecule has 0 bridgehead atoms. The number of aromatic amines is 1. The van der Waals surface area contributed by atoms with Gasteiger partial charge in [0.05, 0.1) is 33.4 Å². The van der Waals surface area contributed by atoms with Crippen molar-refractivity contribution < 1.29 is 14.2 Å². The number of H-pyrrole nitrogens is 1. The van der Waals surface area contributed by atoms with Crippen molar-refractivity contribution in [3.8, 4) is 11.5 Å². The summed E-state index contributed by atoms with van der Waals surface area (Å²) < 4.78 is 18.0. The summed E-state index contributed by atoms with van der Waals surface area (Å²) >= 11 is 0. The van der Waals surface area contributed by atoms with Crippen molar-refractivity contribution in [2.45, 2.75) is 39.0 Å². The highest BCUT2D eigenvalue weighted by Crippen LogP contribution is 2.29. The average Bonchev–Trinajstić information content (AvgIpc) is 3.36. The monoisotopic (exact) mass is 492 g/mol. The lowest BCUT2D eigenvalue weighted by molar-refractivity contribution is 0.149. The number of rotatable bonds is 12. The molecule has 0 amide bonds. The van der Waals surface area contributed by atoms with E-state index in [0.717, 1.165) is 40.2 Å². The maximum Gasteiger partial charge on any atom is 0.252 e. The van der Waals surface area contributed by atoms with Gasteiger partial charge in [-0.1, -0.05) is 25.1 Å². The molecule has 1 N–H and O–H groups in total. The third-order valence-corrected chi connectivity index (χ3v) is 6.26. The van der Waals surface area contributed by atoms with E-state index in [1.54, 1.807) is 26.0 Å². The number of para-hydroxylation sites is 1. The van der Waals surface area contributed by atoms with Crippen LogP contribution in [0.2, 0.25) is 0 Å². The molecular weight excluding hydrogens is 460 g/mol. The van der Waals surface area contributed by atoms with E-state index in [4.69, 9.17) is 14.2 Å². The van der Waals surface area contributed by atoms with Gasteiger partial charge in [-0.15, -0.1) is 5.10 Å². The lowest BCUT2D eigenvalue weighted by atomic mass is 10.1. The van der Waals surface area contributed by atoms with Crippen LogP contribution in [0, 0.1) is 0 Å². The van der Waals surface area contributed by atoms with Gasteiger partial charge in [-0.3, -0.25) is 9.69 Å². The first-order chi connectivity index (χ1) is 17.6. The molecule has 4 rings (SSSR count). The third-order valence-electron chi connectivity index (χ3n) is 6.26. The Kier molecular flexibility index (Phi) is 8.29. The van der Waals surface area contributed by atoms with E-state index in [9.17, 15) is 4.79 Å². The second-order valence-electron chi connectivity index (χ2n) is 8.47. The maximum atomic E-state index is 13.1. The van der Waals surface area contributed by atoms with Gasteiger partial charge in [0, 0.05) is 42.2 Å². The number of hydrogen-bond acceptors (Lipinski definition) is 8. The Balaban J connectivity index is 1.76. The third kappa shape index (κ3) is 5.55. The minimum absolute atomic E-state index is 0.133. The molecule has 190 valence electrons. The summed E-state index contributed by atoms with van der Waals surface area (Å²) in [5.74, 6) is 2.24. The van der Waals surface area contributed by atoms with Crippen LogP contribution in [-0.4, -0.2) is 58.0 Å². The molecule has 0 spiro atoms. The summed E-state index contributed by atoms with van der Waals surface area (Å²) in [5, 5.41) is 13.4. The Hall–Kier alpha value is -3.76. The smallest absolute Gasteiger partial charge is 0.252 e. The molecule has 0 saturated carbocycles. The van der Waals surface area contributed by atoms with Crippen LogP contribution < -0.4 is 15.0 Å². The number of fused-ring (bicyclic) bond motifs is 1. The van der Waals surface area contributed by atoms with Gasteiger partial charge >= 0.3 is 0 Å². The van der Waals surface area contributed by atoms with Gasteiger partial charge in [0.25, 0.3) is 5.56 Å². The van der Waals surface area contributed by atoms with Crippen molar-refractivity contribution >= 4 is 10.9 Å². The van der Waals surface area contributed by atoms with Crippen LogP contribution in [0.15, 0.2) is 53.3 Å². The first-order valence-corrected chi connectivity index (χ1v) is 11.9. The fourth-order valence-electron chi connectivity index (χ4n) is 4.41. The summed E-state index contributed by atoms with van der Waals surface area (Å²) in [6, 6.07) is 15.3. The zero-order chi connectivity index (χ0) is 25.5. The van der Waals surface area contributed by atoms with Crippen LogP contribution in [0.25, 0.3) is 10.9 Å². The summed E-state index contributed by atoms with van der Waals surface area (Å²) in [6.07, 6.45) is 0.738. The highest BCUT2D eigenvalue weighted by molar-refractivity contribution is 5.80. The van der Waals surface area contributed by atoms with Crippen LogP contribution in [0.5, 0.6) is 11.5 Å². The molecule has 10 heteroatoms. The Bertz CT molecular complexity index is 1350. The molecule has 2 heterocycles. The molecule has 0 fully saturated rings. The van der Waals surface area contributed by atoms with Crippen molar-refractivity contribution in [2.75, 3.05) is 27.9 Å². The summed E-state index contributed by atoms with van der Waals surface area (Å²) in [4.78, 5) is 18.3. The van der Waals surface area contributed by atoms with E-state index in [2.05, 4.69) is 32.3 Å². The Morgan fingerprint density at radius 3 is 2.58 bits per heavy atom. The minimum Gasteiger partial charge on any atom is -0.497 e. The molecule has 2 aromatic carbocycles. The standard InChI is InChI=1S/C26H32N6O4/c1-5-23(25-28-29-30-32(25)12-13-34-2)31(16-18-8-6-7-9-24(18)36-4)17-20-14-19-15-21(35-3)10-11-22(19)27-26(20)33/h6-11,14-15,23H,5,12-13,16-17H2,1-4H3,(H,27,33). The number of ether oxygens (including phenoxy) is 3. The van der Waals surface area contributed by atoms with Crippen LogP contribution >= 0.6 is 0 Å². The molecule has 36 heavy (non-hydrogen) atoms. The fraction of sp³-hybridized carbons (Fsp3) is 0.385. The van der Waals surface area contributed by atoms with E-state index >= 15 is 0 Å². The Morgan fingerprint density at radius 1 is 1.03 bits per heavy atom.